The van der Waals surface area contributed by atoms with Crippen LogP contribution in [0.15, 0.2) is 41.0 Å². The molecule has 0 amide bonds. The minimum Gasteiger partial charge on any atom is -0.496 e. The van der Waals surface area contributed by atoms with E-state index in [9.17, 15) is 10.1 Å². The normalized spacial score (nSPS) is 10.7. The van der Waals surface area contributed by atoms with Gasteiger partial charge in [0.1, 0.15) is 11.3 Å². The summed E-state index contributed by atoms with van der Waals surface area (Å²) in [6, 6.07) is 9.23. The number of rotatable bonds is 4. The number of halogens is 1. The van der Waals surface area contributed by atoms with Crippen LogP contribution in [-0.2, 0) is 0 Å². The lowest BCUT2D eigenvalue weighted by Gasteiger charge is -2.09. The van der Waals surface area contributed by atoms with E-state index in [4.69, 9.17) is 9.47 Å². The molecule has 0 aliphatic heterocycles. The van der Waals surface area contributed by atoms with Gasteiger partial charge in [-0.2, -0.15) is 0 Å². The van der Waals surface area contributed by atoms with Crippen LogP contribution in [0.1, 0.15) is 0 Å². The van der Waals surface area contributed by atoms with Crippen molar-refractivity contribution in [1.29, 1.82) is 0 Å². The second-order valence-electron chi connectivity index (χ2n) is 4.85. The van der Waals surface area contributed by atoms with E-state index in [1.165, 1.54) is 20.3 Å². The van der Waals surface area contributed by atoms with Gasteiger partial charge in [-0.25, -0.2) is 0 Å². The molecule has 0 fully saturated rings. The Bertz CT molecular complexity index is 887. The summed E-state index contributed by atoms with van der Waals surface area (Å²) >= 11 is 3.40. The van der Waals surface area contributed by atoms with Gasteiger partial charge in [-0.15, -0.1) is 0 Å². The molecule has 0 saturated carbocycles. The lowest BCUT2D eigenvalue weighted by Crippen LogP contribution is -1.97. The molecule has 23 heavy (non-hydrogen) atoms. The van der Waals surface area contributed by atoms with Gasteiger partial charge in [0.2, 0.25) is 5.75 Å². The Kier molecular flexibility index (Phi) is 3.96. The summed E-state index contributed by atoms with van der Waals surface area (Å²) in [7, 11) is 2.92. The van der Waals surface area contributed by atoms with Crippen molar-refractivity contribution in [3.8, 4) is 22.6 Å². The van der Waals surface area contributed by atoms with Gasteiger partial charge < -0.3 is 14.5 Å². The van der Waals surface area contributed by atoms with Crippen molar-refractivity contribution in [2.24, 2.45) is 0 Å². The van der Waals surface area contributed by atoms with E-state index < -0.39 is 4.92 Å². The van der Waals surface area contributed by atoms with E-state index in [-0.39, 0.29) is 11.4 Å². The zero-order valence-electron chi connectivity index (χ0n) is 12.4. The van der Waals surface area contributed by atoms with Crippen molar-refractivity contribution in [3.05, 3.63) is 51.1 Å². The van der Waals surface area contributed by atoms with Crippen LogP contribution in [-0.4, -0.2) is 24.1 Å². The molecule has 1 heterocycles. The highest BCUT2D eigenvalue weighted by atomic mass is 79.9. The maximum absolute atomic E-state index is 11.4. The van der Waals surface area contributed by atoms with Crippen LogP contribution in [0.4, 0.5) is 5.69 Å². The molecular weight excluding hydrogens is 364 g/mol. The van der Waals surface area contributed by atoms with Crippen LogP contribution in [0.5, 0.6) is 11.5 Å². The number of aromatic nitrogens is 1. The number of nitro benzene ring substituents is 1. The molecule has 0 atom stereocenters. The summed E-state index contributed by atoms with van der Waals surface area (Å²) in [5.41, 5.74) is 2.03. The van der Waals surface area contributed by atoms with Crippen molar-refractivity contribution in [2.75, 3.05) is 14.2 Å². The van der Waals surface area contributed by atoms with Crippen molar-refractivity contribution < 1.29 is 14.4 Å². The predicted octanol–water partition coefficient (Wildman–Crippen LogP) is 4.52. The lowest BCUT2D eigenvalue weighted by atomic mass is 10.0. The minimum absolute atomic E-state index is 0.105. The molecule has 6 nitrogen and oxygen atoms in total. The molecule has 2 aromatic carbocycles. The van der Waals surface area contributed by atoms with E-state index >= 15 is 0 Å². The van der Waals surface area contributed by atoms with Gasteiger partial charge in [0, 0.05) is 22.3 Å². The quantitative estimate of drug-likeness (QED) is 0.536. The van der Waals surface area contributed by atoms with Gasteiger partial charge in [0.15, 0.2) is 0 Å². The van der Waals surface area contributed by atoms with Crippen LogP contribution in [0, 0.1) is 10.1 Å². The zero-order valence-corrected chi connectivity index (χ0v) is 14.0. The molecule has 0 radical (unpaired) electrons. The van der Waals surface area contributed by atoms with Crippen LogP contribution < -0.4 is 9.47 Å². The fourth-order valence-electron chi connectivity index (χ4n) is 2.60. The number of methoxy groups -OCH3 is 2. The minimum atomic E-state index is -0.456. The number of fused-ring (bicyclic) bond motifs is 1. The standard InChI is InChI=1S/C16H13BrN2O4/c1-22-12-7-13(23-2)16(19(20)21)15-14(12)11(8-18-15)9-3-5-10(17)6-4-9/h3-8,18H,1-2H3. The van der Waals surface area contributed by atoms with Crippen LogP contribution >= 0.6 is 15.9 Å². The molecule has 0 saturated heterocycles. The summed E-state index contributed by atoms with van der Waals surface area (Å²) in [4.78, 5) is 14.0. The summed E-state index contributed by atoms with van der Waals surface area (Å²) < 4.78 is 11.5. The average Bonchev–Trinajstić information content (AvgIpc) is 2.98. The number of aromatic amines is 1. The highest BCUT2D eigenvalue weighted by Crippen LogP contribution is 2.44. The number of hydrogen-bond acceptors (Lipinski definition) is 4. The third-order valence-electron chi connectivity index (χ3n) is 3.64. The third-order valence-corrected chi connectivity index (χ3v) is 4.17. The highest BCUT2D eigenvalue weighted by molar-refractivity contribution is 9.10. The highest BCUT2D eigenvalue weighted by Gasteiger charge is 2.26. The van der Waals surface area contributed by atoms with E-state index in [0.29, 0.717) is 16.7 Å². The number of H-pyrrole nitrogens is 1. The summed E-state index contributed by atoms with van der Waals surface area (Å²) in [6.45, 7) is 0. The zero-order chi connectivity index (χ0) is 16.6. The number of hydrogen-bond donors (Lipinski definition) is 1. The molecule has 0 bridgehead atoms. The molecule has 118 valence electrons. The molecule has 1 N–H and O–H groups in total. The monoisotopic (exact) mass is 376 g/mol. The predicted molar refractivity (Wildman–Crippen MR) is 91.2 cm³/mol. The number of nitro groups is 1. The maximum Gasteiger partial charge on any atom is 0.335 e. The Labute approximate surface area is 140 Å². The summed E-state index contributed by atoms with van der Waals surface area (Å²) in [5.74, 6) is 0.671. The molecule has 0 unspecified atom stereocenters. The Morgan fingerprint density at radius 1 is 1.13 bits per heavy atom. The maximum atomic E-state index is 11.4. The topological polar surface area (TPSA) is 77.4 Å². The number of nitrogens with zero attached hydrogens (tertiary/aromatic N) is 1. The SMILES string of the molecule is COc1cc(OC)c2c(-c3ccc(Br)cc3)c[nH]c2c1[N+](=O)[O-]. The fourth-order valence-corrected chi connectivity index (χ4v) is 2.87. The molecule has 3 aromatic rings. The van der Waals surface area contributed by atoms with E-state index in [2.05, 4.69) is 20.9 Å². The second kappa shape index (κ2) is 5.92. The van der Waals surface area contributed by atoms with Gasteiger partial charge in [0.05, 0.1) is 24.5 Å². The average molecular weight is 377 g/mol. The molecule has 7 heteroatoms. The number of nitrogens with one attached hydrogen (secondary N) is 1. The summed E-state index contributed by atoms with van der Waals surface area (Å²) in [5, 5.41) is 12.1. The van der Waals surface area contributed by atoms with Crippen LogP contribution in [0.25, 0.3) is 22.0 Å². The number of ether oxygens (including phenoxy) is 2. The molecule has 0 aliphatic rings. The van der Waals surface area contributed by atoms with Gasteiger partial charge in [-0.05, 0) is 17.7 Å². The van der Waals surface area contributed by atoms with Crippen molar-refractivity contribution >= 4 is 32.5 Å². The molecule has 1 aromatic heterocycles. The molecular formula is C16H13BrN2O4. The Morgan fingerprint density at radius 2 is 1.78 bits per heavy atom. The Morgan fingerprint density at radius 3 is 2.35 bits per heavy atom. The Hall–Kier alpha value is -2.54. The van der Waals surface area contributed by atoms with Gasteiger partial charge >= 0.3 is 5.69 Å². The number of benzene rings is 2. The van der Waals surface area contributed by atoms with Crippen molar-refractivity contribution in [2.45, 2.75) is 0 Å². The fraction of sp³-hybridized carbons (Fsp3) is 0.125. The molecule has 0 spiro atoms. The Balaban J connectivity index is 2.36. The first kappa shape index (κ1) is 15.4. The lowest BCUT2D eigenvalue weighted by molar-refractivity contribution is -0.384. The first-order valence-electron chi connectivity index (χ1n) is 6.73. The van der Waals surface area contributed by atoms with Gasteiger partial charge in [0.25, 0.3) is 0 Å². The van der Waals surface area contributed by atoms with E-state index in [1.807, 2.05) is 24.3 Å². The van der Waals surface area contributed by atoms with E-state index in [1.54, 1.807) is 6.20 Å². The molecule has 3 rings (SSSR count). The first-order valence-corrected chi connectivity index (χ1v) is 7.52. The smallest absolute Gasteiger partial charge is 0.335 e. The van der Waals surface area contributed by atoms with Crippen LogP contribution in [0.2, 0.25) is 0 Å². The van der Waals surface area contributed by atoms with Gasteiger partial charge in [-0.1, -0.05) is 28.1 Å². The van der Waals surface area contributed by atoms with Crippen LogP contribution in [0.3, 0.4) is 0 Å². The van der Waals surface area contributed by atoms with Crippen molar-refractivity contribution in [3.63, 3.8) is 0 Å². The third kappa shape index (κ3) is 2.53. The second-order valence-corrected chi connectivity index (χ2v) is 5.76. The van der Waals surface area contributed by atoms with Gasteiger partial charge in [-0.3, -0.25) is 10.1 Å². The van der Waals surface area contributed by atoms with Crippen molar-refractivity contribution in [1.82, 2.24) is 4.98 Å². The molecule has 0 aliphatic carbocycles. The summed E-state index contributed by atoms with van der Waals surface area (Å²) in [6.07, 6.45) is 1.74. The largest absolute Gasteiger partial charge is 0.496 e. The first-order chi connectivity index (χ1) is 11.1. The van der Waals surface area contributed by atoms with E-state index in [0.717, 1.165) is 15.6 Å².